The first-order chi connectivity index (χ1) is 10.4. The van der Waals surface area contributed by atoms with Gasteiger partial charge in [-0.25, -0.2) is 0 Å². The molecule has 0 atom stereocenters. The number of nitrogens with zero attached hydrogens (tertiary/aromatic N) is 2. The predicted molar refractivity (Wildman–Crippen MR) is 85.2 cm³/mol. The van der Waals surface area contributed by atoms with Gasteiger partial charge >= 0.3 is 0 Å². The highest BCUT2D eigenvalue weighted by Crippen LogP contribution is 2.26. The van der Waals surface area contributed by atoms with Gasteiger partial charge in [0.05, 0.1) is 12.7 Å². The summed E-state index contributed by atoms with van der Waals surface area (Å²) in [5.41, 5.74) is 2.61. The van der Waals surface area contributed by atoms with Crippen LogP contribution in [0.25, 0.3) is 0 Å². The summed E-state index contributed by atoms with van der Waals surface area (Å²) in [7, 11) is 1.59. The first-order valence-corrected chi connectivity index (χ1v) is 7.64. The molecule has 1 heterocycles. The van der Waals surface area contributed by atoms with Crippen molar-refractivity contribution < 1.29 is 14.3 Å². The molecule has 0 aliphatic carbocycles. The monoisotopic (exact) mass is 304 g/mol. The van der Waals surface area contributed by atoms with E-state index in [0.29, 0.717) is 37.5 Å². The maximum Gasteiger partial charge on any atom is 0.257 e. The fourth-order valence-electron chi connectivity index (χ4n) is 2.99. The van der Waals surface area contributed by atoms with Crippen LogP contribution in [0.1, 0.15) is 34.8 Å². The molecule has 2 rings (SSSR count). The van der Waals surface area contributed by atoms with E-state index >= 15 is 0 Å². The Morgan fingerprint density at radius 2 is 1.68 bits per heavy atom. The maximum atomic E-state index is 12.9. The van der Waals surface area contributed by atoms with Gasteiger partial charge in [-0.3, -0.25) is 9.59 Å². The topological polar surface area (TPSA) is 49.9 Å². The molecule has 22 heavy (non-hydrogen) atoms. The molecule has 1 aliphatic heterocycles. The summed E-state index contributed by atoms with van der Waals surface area (Å²) in [4.78, 5) is 28.0. The Morgan fingerprint density at radius 1 is 1.05 bits per heavy atom. The number of rotatable bonds is 2. The minimum absolute atomic E-state index is 0.0194. The van der Waals surface area contributed by atoms with E-state index in [9.17, 15) is 9.59 Å². The van der Waals surface area contributed by atoms with Gasteiger partial charge < -0.3 is 14.5 Å². The number of aryl methyl sites for hydroxylation is 2. The van der Waals surface area contributed by atoms with Crippen molar-refractivity contribution in [3.63, 3.8) is 0 Å². The Bertz CT molecular complexity index is 584. The fourth-order valence-corrected chi connectivity index (χ4v) is 2.99. The lowest BCUT2D eigenvalue weighted by Gasteiger charge is -2.23. The summed E-state index contributed by atoms with van der Waals surface area (Å²) in [5.74, 6) is 0.690. The van der Waals surface area contributed by atoms with E-state index in [0.717, 1.165) is 17.5 Å². The molecule has 1 aromatic rings. The summed E-state index contributed by atoms with van der Waals surface area (Å²) in [6, 6.07) is 3.89. The van der Waals surface area contributed by atoms with Crippen LogP contribution in [0.3, 0.4) is 0 Å². The highest BCUT2D eigenvalue weighted by molar-refractivity contribution is 5.97. The highest BCUT2D eigenvalue weighted by Gasteiger charge is 2.24. The lowest BCUT2D eigenvalue weighted by molar-refractivity contribution is -0.128. The number of amides is 2. The second-order valence-corrected chi connectivity index (χ2v) is 5.81. The normalized spacial score (nSPS) is 15.5. The molecule has 0 saturated carbocycles. The molecule has 0 unspecified atom stereocenters. The van der Waals surface area contributed by atoms with Gasteiger partial charge in [0, 0.05) is 33.1 Å². The van der Waals surface area contributed by atoms with Crippen molar-refractivity contribution in [3.8, 4) is 5.75 Å². The van der Waals surface area contributed by atoms with Crippen LogP contribution in [-0.4, -0.2) is 54.9 Å². The molecule has 0 N–H and O–H groups in total. The van der Waals surface area contributed by atoms with Crippen LogP contribution in [0.15, 0.2) is 12.1 Å². The van der Waals surface area contributed by atoms with Crippen LogP contribution in [0.2, 0.25) is 0 Å². The number of methoxy groups -OCH3 is 1. The molecule has 5 heteroatoms. The molecule has 120 valence electrons. The van der Waals surface area contributed by atoms with Crippen molar-refractivity contribution in [1.29, 1.82) is 0 Å². The molecule has 0 spiro atoms. The first kappa shape index (κ1) is 16.3. The predicted octanol–water partition coefficient (Wildman–Crippen LogP) is 2.01. The smallest absolute Gasteiger partial charge is 0.257 e. The molecule has 2 amide bonds. The molecule has 1 aliphatic rings. The third kappa shape index (κ3) is 3.40. The molecule has 1 fully saturated rings. The number of benzene rings is 1. The number of ether oxygens (including phenoxy) is 1. The Kier molecular flexibility index (Phi) is 5.06. The molecule has 0 aromatic heterocycles. The number of carbonyl (C=O) groups excluding carboxylic acids is 2. The maximum absolute atomic E-state index is 12.9. The minimum Gasteiger partial charge on any atom is -0.496 e. The first-order valence-electron chi connectivity index (χ1n) is 7.64. The fraction of sp³-hybridized carbons (Fsp3) is 0.529. The quantitative estimate of drug-likeness (QED) is 0.840. The van der Waals surface area contributed by atoms with Gasteiger partial charge in [-0.2, -0.15) is 0 Å². The van der Waals surface area contributed by atoms with Crippen molar-refractivity contribution in [3.05, 3.63) is 28.8 Å². The average Bonchev–Trinajstić information content (AvgIpc) is 2.71. The average molecular weight is 304 g/mol. The number of hydrogen-bond acceptors (Lipinski definition) is 3. The van der Waals surface area contributed by atoms with Crippen LogP contribution in [0.5, 0.6) is 5.75 Å². The van der Waals surface area contributed by atoms with E-state index in [4.69, 9.17) is 4.74 Å². The van der Waals surface area contributed by atoms with Crippen LogP contribution >= 0.6 is 0 Å². The SMILES string of the molecule is COc1c(C)cc(C)cc1C(=O)N1CCCN(C(C)=O)CC1. The van der Waals surface area contributed by atoms with Gasteiger partial charge in [0.25, 0.3) is 5.91 Å². The highest BCUT2D eigenvalue weighted by atomic mass is 16.5. The summed E-state index contributed by atoms with van der Waals surface area (Å²) < 4.78 is 5.42. The van der Waals surface area contributed by atoms with E-state index < -0.39 is 0 Å². The summed E-state index contributed by atoms with van der Waals surface area (Å²) in [6.45, 7) is 8.03. The molecule has 1 aromatic carbocycles. The van der Waals surface area contributed by atoms with Crippen molar-refractivity contribution >= 4 is 11.8 Å². The Balaban J connectivity index is 2.23. The molecule has 0 radical (unpaired) electrons. The minimum atomic E-state index is -0.0194. The van der Waals surface area contributed by atoms with Crippen molar-refractivity contribution in [1.82, 2.24) is 9.80 Å². The van der Waals surface area contributed by atoms with Crippen LogP contribution in [0, 0.1) is 13.8 Å². The van der Waals surface area contributed by atoms with Crippen LogP contribution in [-0.2, 0) is 4.79 Å². The van der Waals surface area contributed by atoms with Gasteiger partial charge in [-0.15, -0.1) is 0 Å². The van der Waals surface area contributed by atoms with Crippen molar-refractivity contribution in [2.45, 2.75) is 27.2 Å². The van der Waals surface area contributed by atoms with Gasteiger partial charge in [-0.1, -0.05) is 6.07 Å². The lowest BCUT2D eigenvalue weighted by Crippen LogP contribution is -2.36. The Labute approximate surface area is 131 Å². The third-order valence-corrected chi connectivity index (χ3v) is 4.08. The van der Waals surface area contributed by atoms with Gasteiger partial charge in [0.15, 0.2) is 0 Å². The molecule has 1 saturated heterocycles. The second kappa shape index (κ2) is 6.81. The van der Waals surface area contributed by atoms with E-state index in [-0.39, 0.29) is 11.8 Å². The van der Waals surface area contributed by atoms with Gasteiger partial charge in [0.1, 0.15) is 5.75 Å². The van der Waals surface area contributed by atoms with Gasteiger partial charge in [-0.05, 0) is 37.5 Å². The summed E-state index contributed by atoms with van der Waals surface area (Å²) >= 11 is 0. The molecular formula is C17H24N2O3. The van der Waals surface area contributed by atoms with E-state index in [1.807, 2.05) is 30.9 Å². The van der Waals surface area contributed by atoms with Gasteiger partial charge in [0.2, 0.25) is 5.91 Å². The lowest BCUT2D eigenvalue weighted by atomic mass is 10.0. The number of carbonyl (C=O) groups is 2. The zero-order chi connectivity index (χ0) is 16.3. The second-order valence-electron chi connectivity index (χ2n) is 5.81. The summed E-state index contributed by atoms with van der Waals surface area (Å²) in [6.07, 6.45) is 0.804. The van der Waals surface area contributed by atoms with E-state index in [1.54, 1.807) is 18.9 Å². The Hall–Kier alpha value is -2.04. The van der Waals surface area contributed by atoms with E-state index in [2.05, 4.69) is 0 Å². The molecule has 0 bridgehead atoms. The van der Waals surface area contributed by atoms with Crippen LogP contribution in [0.4, 0.5) is 0 Å². The van der Waals surface area contributed by atoms with Crippen molar-refractivity contribution in [2.24, 2.45) is 0 Å². The van der Waals surface area contributed by atoms with Crippen LogP contribution < -0.4 is 4.74 Å². The zero-order valence-electron chi connectivity index (χ0n) is 13.8. The van der Waals surface area contributed by atoms with E-state index in [1.165, 1.54) is 0 Å². The molecular weight excluding hydrogens is 280 g/mol. The Morgan fingerprint density at radius 3 is 2.32 bits per heavy atom. The summed E-state index contributed by atoms with van der Waals surface area (Å²) in [5, 5.41) is 0. The molecule has 5 nitrogen and oxygen atoms in total. The van der Waals surface area contributed by atoms with Crippen molar-refractivity contribution in [2.75, 3.05) is 33.3 Å². The largest absolute Gasteiger partial charge is 0.496 e. The third-order valence-electron chi connectivity index (χ3n) is 4.08. The standard InChI is InChI=1S/C17H24N2O3/c1-12-10-13(2)16(22-4)15(11-12)17(21)19-7-5-6-18(8-9-19)14(3)20/h10-11H,5-9H2,1-4H3. The number of hydrogen-bond donors (Lipinski definition) is 0. The zero-order valence-corrected chi connectivity index (χ0v) is 13.8.